The van der Waals surface area contributed by atoms with Gasteiger partial charge in [-0.3, -0.25) is 4.79 Å². The molecule has 4 nitrogen and oxygen atoms in total. The zero-order valence-electron chi connectivity index (χ0n) is 18.1. The zero-order valence-corrected chi connectivity index (χ0v) is 18.1. The van der Waals surface area contributed by atoms with Crippen molar-refractivity contribution in [2.24, 2.45) is 0 Å². The number of rotatable bonds is 10. The highest BCUT2D eigenvalue weighted by atomic mass is 19.1. The quantitative estimate of drug-likeness (QED) is 0.490. The molecule has 0 heterocycles. The van der Waals surface area contributed by atoms with Crippen LogP contribution in [0.15, 0.2) is 42.5 Å². The summed E-state index contributed by atoms with van der Waals surface area (Å²) in [4.78, 5) is 15.1. The molecule has 158 valence electrons. The highest BCUT2D eigenvalue weighted by Gasteiger charge is 2.24. The summed E-state index contributed by atoms with van der Waals surface area (Å²) < 4.78 is 25.4. The molecule has 29 heavy (non-hydrogen) atoms. The highest BCUT2D eigenvalue weighted by molar-refractivity contribution is 5.96. The van der Waals surface area contributed by atoms with Gasteiger partial charge in [-0.1, -0.05) is 25.1 Å². The van der Waals surface area contributed by atoms with Gasteiger partial charge in [-0.25, -0.2) is 4.39 Å². The third-order valence-corrected chi connectivity index (χ3v) is 5.00. The van der Waals surface area contributed by atoms with Gasteiger partial charge in [0.25, 0.3) is 5.91 Å². The Morgan fingerprint density at radius 3 is 2.41 bits per heavy atom. The second kappa shape index (κ2) is 11.0. The molecule has 0 spiro atoms. The van der Waals surface area contributed by atoms with Gasteiger partial charge in [-0.05, 0) is 51.5 Å². The summed E-state index contributed by atoms with van der Waals surface area (Å²) in [6, 6.07) is 12.0. The molecule has 0 N–H and O–H groups in total. The van der Waals surface area contributed by atoms with E-state index in [9.17, 15) is 9.18 Å². The van der Waals surface area contributed by atoms with Crippen LogP contribution >= 0.6 is 0 Å². The normalized spacial score (nSPS) is 12.1. The lowest BCUT2D eigenvalue weighted by molar-refractivity contribution is 0.0621. The van der Waals surface area contributed by atoms with Gasteiger partial charge in [0.05, 0.1) is 6.61 Å². The first-order valence-electron chi connectivity index (χ1n) is 10.2. The van der Waals surface area contributed by atoms with Crippen LogP contribution in [0.25, 0.3) is 11.1 Å². The average molecular weight is 402 g/mol. The van der Waals surface area contributed by atoms with Crippen LogP contribution < -0.4 is 4.74 Å². The number of hydrogen-bond donors (Lipinski definition) is 0. The Labute approximate surface area is 173 Å². The largest absolute Gasteiger partial charge is 0.493 e. The minimum absolute atomic E-state index is 0.0452. The van der Waals surface area contributed by atoms with Crippen LogP contribution in [0, 0.1) is 5.82 Å². The number of halogens is 1. The van der Waals surface area contributed by atoms with Crippen molar-refractivity contribution in [3.8, 4) is 16.9 Å². The summed E-state index contributed by atoms with van der Waals surface area (Å²) >= 11 is 0. The molecule has 2 rings (SSSR count). The van der Waals surface area contributed by atoms with E-state index in [0.717, 1.165) is 6.42 Å². The van der Waals surface area contributed by atoms with E-state index < -0.39 is 0 Å². The van der Waals surface area contributed by atoms with Gasteiger partial charge in [-0.2, -0.15) is 0 Å². The van der Waals surface area contributed by atoms with Crippen LogP contribution in [0.2, 0.25) is 0 Å². The van der Waals surface area contributed by atoms with Gasteiger partial charge < -0.3 is 14.4 Å². The average Bonchev–Trinajstić information content (AvgIpc) is 2.71. The van der Waals surface area contributed by atoms with E-state index in [1.54, 1.807) is 43.5 Å². The summed E-state index contributed by atoms with van der Waals surface area (Å²) in [5, 5.41) is 0. The van der Waals surface area contributed by atoms with Gasteiger partial charge in [0.15, 0.2) is 0 Å². The predicted molar refractivity (Wildman–Crippen MR) is 115 cm³/mol. The van der Waals surface area contributed by atoms with E-state index in [-0.39, 0.29) is 23.8 Å². The summed E-state index contributed by atoms with van der Waals surface area (Å²) in [6.45, 7) is 9.14. The minimum Gasteiger partial charge on any atom is -0.493 e. The van der Waals surface area contributed by atoms with Crippen LogP contribution in [-0.2, 0) is 4.74 Å². The molecule has 0 aliphatic rings. The molecular weight excluding hydrogens is 369 g/mol. The second-order valence-electron chi connectivity index (χ2n) is 7.45. The minimum atomic E-state index is -0.322. The van der Waals surface area contributed by atoms with Gasteiger partial charge >= 0.3 is 0 Å². The lowest BCUT2D eigenvalue weighted by Gasteiger charge is -2.32. The lowest BCUT2D eigenvalue weighted by atomic mass is 10.0. The Morgan fingerprint density at radius 2 is 1.79 bits per heavy atom. The van der Waals surface area contributed by atoms with Crippen molar-refractivity contribution in [3.05, 3.63) is 53.8 Å². The first-order chi connectivity index (χ1) is 13.9. The highest BCUT2D eigenvalue weighted by Crippen LogP contribution is 2.33. The lowest BCUT2D eigenvalue weighted by Crippen LogP contribution is -2.43. The number of carbonyl (C=O) groups excluding carboxylic acids is 1. The van der Waals surface area contributed by atoms with Crippen molar-refractivity contribution in [2.75, 3.05) is 20.3 Å². The van der Waals surface area contributed by atoms with Crippen molar-refractivity contribution in [3.63, 3.8) is 0 Å². The van der Waals surface area contributed by atoms with Crippen molar-refractivity contribution < 1.29 is 18.7 Å². The Bertz CT molecular complexity index is 806. The predicted octanol–water partition coefficient (Wildman–Crippen LogP) is 5.56. The molecule has 1 atom stereocenters. The molecule has 0 aliphatic carbocycles. The van der Waals surface area contributed by atoms with E-state index >= 15 is 0 Å². The summed E-state index contributed by atoms with van der Waals surface area (Å²) in [7, 11) is 1.64. The summed E-state index contributed by atoms with van der Waals surface area (Å²) in [6.07, 6.45) is 1.58. The number of amides is 1. The molecule has 5 heteroatoms. The van der Waals surface area contributed by atoms with Crippen LogP contribution in [0.1, 0.15) is 50.9 Å². The second-order valence-corrected chi connectivity index (χ2v) is 7.45. The van der Waals surface area contributed by atoms with E-state index in [4.69, 9.17) is 9.47 Å². The third kappa shape index (κ3) is 5.80. The molecule has 0 saturated carbocycles. The zero-order chi connectivity index (χ0) is 21.4. The van der Waals surface area contributed by atoms with Gasteiger partial charge in [0.2, 0.25) is 0 Å². The van der Waals surface area contributed by atoms with E-state index in [0.29, 0.717) is 42.1 Å². The van der Waals surface area contributed by atoms with E-state index in [1.807, 2.05) is 25.7 Å². The number of methoxy groups -OCH3 is 1. The fourth-order valence-electron chi connectivity index (χ4n) is 3.35. The SMILES string of the molecule is CC[C@@H](C)N(C(=O)c1ccc(-c2ccccc2F)c(OCCCOC)c1)C(C)C. The molecule has 2 aromatic carbocycles. The van der Waals surface area contributed by atoms with Crippen LogP contribution in [0.3, 0.4) is 0 Å². The molecule has 0 fully saturated rings. The number of hydrogen-bond acceptors (Lipinski definition) is 3. The third-order valence-electron chi connectivity index (χ3n) is 5.00. The fourth-order valence-corrected chi connectivity index (χ4v) is 3.35. The number of benzene rings is 2. The molecule has 0 unspecified atom stereocenters. The van der Waals surface area contributed by atoms with Crippen LogP contribution in [0.4, 0.5) is 4.39 Å². The van der Waals surface area contributed by atoms with Crippen molar-refractivity contribution in [2.45, 2.75) is 52.6 Å². The molecule has 0 bridgehead atoms. The maximum absolute atomic E-state index is 14.4. The Hall–Kier alpha value is -2.40. The number of nitrogens with zero attached hydrogens (tertiary/aromatic N) is 1. The van der Waals surface area contributed by atoms with Gasteiger partial charge in [-0.15, -0.1) is 0 Å². The van der Waals surface area contributed by atoms with Crippen molar-refractivity contribution in [1.29, 1.82) is 0 Å². The Kier molecular flexibility index (Phi) is 8.65. The smallest absolute Gasteiger partial charge is 0.254 e. The summed E-state index contributed by atoms with van der Waals surface area (Å²) in [5.74, 6) is 0.137. The van der Waals surface area contributed by atoms with Crippen LogP contribution in [-0.4, -0.2) is 43.2 Å². The number of ether oxygens (including phenoxy) is 2. The molecule has 0 saturated heterocycles. The van der Waals surface area contributed by atoms with E-state index in [2.05, 4.69) is 6.92 Å². The van der Waals surface area contributed by atoms with E-state index in [1.165, 1.54) is 6.07 Å². The monoisotopic (exact) mass is 401 g/mol. The maximum atomic E-state index is 14.4. The molecule has 0 aliphatic heterocycles. The molecule has 0 aromatic heterocycles. The number of carbonyl (C=O) groups is 1. The van der Waals surface area contributed by atoms with Crippen LogP contribution in [0.5, 0.6) is 5.75 Å². The topological polar surface area (TPSA) is 38.8 Å². The van der Waals surface area contributed by atoms with Gasteiger partial charge in [0, 0.05) is 48.9 Å². The van der Waals surface area contributed by atoms with Crippen molar-refractivity contribution in [1.82, 2.24) is 4.90 Å². The first-order valence-corrected chi connectivity index (χ1v) is 10.2. The molecule has 0 radical (unpaired) electrons. The maximum Gasteiger partial charge on any atom is 0.254 e. The fraction of sp³-hybridized carbons (Fsp3) is 0.458. The standard InChI is InChI=1S/C24H32FNO3/c1-6-18(4)26(17(2)3)24(27)19-12-13-21(20-10-7-8-11-22(20)25)23(16-19)29-15-9-14-28-5/h7-8,10-13,16-18H,6,9,14-15H2,1-5H3/t18-/m1/s1. The summed E-state index contributed by atoms with van der Waals surface area (Å²) in [5.41, 5.74) is 1.63. The molecule has 2 aromatic rings. The first kappa shape index (κ1) is 22.9. The Morgan fingerprint density at radius 1 is 1.07 bits per heavy atom. The Balaban J connectivity index is 2.42. The molecular formula is C24H32FNO3. The van der Waals surface area contributed by atoms with Crippen molar-refractivity contribution >= 4 is 5.91 Å². The van der Waals surface area contributed by atoms with Gasteiger partial charge in [0.1, 0.15) is 11.6 Å². The molecule has 1 amide bonds.